The molecule has 1 rings (SSSR count). The van der Waals surface area contributed by atoms with Crippen LogP contribution in [0, 0.1) is 12.8 Å². The van der Waals surface area contributed by atoms with Crippen LogP contribution in [-0.4, -0.2) is 24.5 Å². The lowest BCUT2D eigenvalue weighted by Crippen LogP contribution is -2.28. The van der Waals surface area contributed by atoms with Crippen molar-refractivity contribution in [3.8, 4) is 0 Å². The van der Waals surface area contributed by atoms with E-state index in [-0.39, 0.29) is 5.91 Å². The summed E-state index contributed by atoms with van der Waals surface area (Å²) in [5.41, 5.74) is 1.50. The maximum Gasteiger partial charge on any atom is 0.251 e. The Labute approximate surface area is 103 Å². The average Bonchev–Trinajstić information content (AvgIpc) is 2.34. The Morgan fingerprint density at radius 2 is 2.18 bits per heavy atom. The van der Waals surface area contributed by atoms with E-state index in [1.165, 1.54) is 0 Å². The van der Waals surface area contributed by atoms with Gasteiger partial charge in [0.15, 0.2) is 0 Å². The van der Waals surface area contributed by atoms with Gasteiger partial charge < -0.3 is 10.6 Å². The second-order valence-corrected chi connectivity index (χ2v) is 4.36. The second kappa shape index (κ2) is 6.23. The summed E-state index contributed by atoms with van der Waals surface area (Å²) in [7, 11) is 1.79. The van der Waals surface area contributed by atoms with Crippen LogP contribution < -0.4 is 10.6 Å². The Bertz CT molecular complexity index is 390. The normalized spacial score (nSPS) is 12.0. The molecule has 0 aliphatic carbocycles. The number of amides is 1. The van der Waals surface area contributed by atoms with E-state index >= 15 is 0 Å². The Balaban J connectivity index is 2.71. The van der Waals surface area contributed by atoms with Gasteiger partial charge in [-0.05, 0) is 25.0 Å². The highest BCUT2D eigenvalue weighted by Crippen LogP contribution is 2.09. The summed E-state index contributed by atoms with van der Waals surface area (Å²) < 4.78 is 0. The molecule has 2 N–H and O–H groups in total. The lowest BCUT2D eigenvalue weighted by molar-refractivity contribution is 0.0947. The number of hydrogen-bond donors (Lipinski definition) is 2. The summed E-state index contributed by atoms with van der Waals surface area (Å²) in [6, 6.07) is 3.56. The van der Waals surface area contributed by atoms with Crippen molar-refractivity contribution < 1.29 is 4.79 Å². The van der Waals surface area contributed by atoms with Gasteiger partial charge in [0.05, 0.1) is 0 Å². The molecule has 0 saturated carbocycles. The number of aromatic nitrogens is 1. The molecule has 17 heavy (non-hydrogen) atoms. The molecule has 0 radical (unpaired) electrons. The first kappa shape index (κ1) is 13.5. The van der Waals surface area contributed by atoms with Crippen LogP contribution in [0.15, 0.2) is 12.1 Å². The van der Waals surface area contributed by atoms with E-state index in [1.807, 2.05) is 6.92 Å². The predicted molar refractivity (Wildman–Crippen MR) is 70.3 cm³/mol. The summed E-state index contributed by atoms with van der Waals surface area (Å²) in [5, 5.41) is 5.88. The number of hydrogen-bond acceptors (Lipinski definition) is 3. The molecule has 1 aromatic rings. The van der Waals surface area contributed by atoms with Crippen molar-refractivity contribution >= 4 is 11.7 Å². The number of rotatable bonds is 5. The minimum absolute atomic E-state index is 0.0349. The van der Waals surface area contributed by atoms with Crippen molar-refractivity contribution in [3.63, 3.8) is 0 Å². The standard InChI is InChI=1S/C13H21N3O/c1-5-9(2)8-15-13(17)11-6-10(3)16-12(7-11)14-4/h6-7,9H,5,8H2,1-4H3,(H,14,16)(H,15,17). The van der Waals surface area contributed by atoms with Crippen LogP contribution in [0.1, 0.15) is 36.3 Å². The van der Waals surface area contributed by atoms with Gasteiger partial charge in [0, 0.05) is 24.8 Å². The fourth-order valence-electron chi connectivity index (χ4n) is 1.44. The fraction of sp³-hybridized carbons (Fsp3) is 0.538. The van der Waals surface area contributed by atoms with E-state index in [4.69, 9.17) is 0 Å². The maximum atomic E-state index is 11.9. The van der Waals surface area contributed by atoms with Crippen molar-refractivity contribution in [2.24, 2.45) is 5.92 Å². The van der Waals surface area contributed by atoms with Gasteiger partial charge in [-0.25, -0.2) is 4.98 Å². The number of pyridine rings is 1. The van der Waals surface area contributed by atoms with Crippen LogP contribution in [0.2, 0.25) is 0 Å². The first-order valence-electron chi connectivity index (χ1n) is 6.01. The Morgan fingerprint density at radius 1 is 1.47 bits per heavy atom. The molecule has 1 aromatic heterocycles. The van der Waals surface area contributed by atoms with Crippen LogP contribution in [0.3, 0.4) is 0 Å². The lowest BCUT2D eigenvalue weighted by atomic mass is 10.1. The molecule has 0 fully saturated rings. The minimum atomic E-state index is -0.0349. The van der Waals surface area contributed by atoms with Crippen LogP contribution in [0.5, 0.6) is 0 Å². The fourth-order valence-corrected chi connectivity index (χ4v) is 1.44. The molecule has 0 aromatic carbocycles. The molecule has 0 spiro atoms. The number of anilines is 1. The molecule has 4 nitrogen and oxygen atoms in total. The van der Waals surface area contributed by atoms with E-state index in [9.17, 15) is 4.79 Å². The van der Waals surface area contributed by atoms with Gasteiger partial charge in [0.2, 0.25) is 0 Å². The molecule has 0 aliphatic heterocycles. The van der Waals surface area contributed by atoms with Crippen LogP contribution in [0.4, 0.5) is 5.82 Å². The highest BCUT2D eigenvalue weighted by atomic mass is 16.1. The summed E-state index contributed by atoms with van der Waals surface area (Å²) >= 11 is 0. The van der Waals surface area contributed by atoms with E-state index in [0.717, 1.165) is 17.9 Å². The highest BCUT2D eigenvalue weighted by molar-refractivity contribution is 5.94. The van der Waals surface area contributed by atoms with Crippen LogP contribution in [0.25, 0.3) is 0 Å². The topological polar surface area (TPSA) is 54.0 Å². The van der Waals surface area contributed by atoms with Gasteiger partial charge in [-0.3, -0.25) is 4.79 Å². The highest BCUT2D eigenvalue weighted by Gasteiger charge is 2.09. The summed E-state index contributed by atoms with van der Waals surface area (Å²) in [5.74, 6) is 1.19. The zero-order valence-corrected chi connectivity index (χ0v) is 11.0. The average molecular weight is 235 g/mol. The second-order valence-electron chi connectivity index (χ2n) is 4.36. The predicted octanol–water partition coefficient (Wildman–Crippen LogP) is 2.21. The van der Waals surface area contributed by atoms with E-state index in [0.29, 0.717) is 18.0 Å². The molecule has 4 heteroatoms. The van der Waals surface area contributed by atoms with Crippen LogP contribution >= 0.6 is 0 Å². The zero-order valence-electron chi connectivity index (χ0n) is 11.0. The molecule has 1 heterocycles. The van der Waals surface area contributed by atoms with Crippen molar-refractivity contribution in [2.45, 2.75) is 27.2 Å². The molecular formula is C13H21N3O. The third-order valence-corrected chi connectivity index (χ3v) is 2.78. The molecule has 0 bridgehead atoms. The smallest absolute Gasteiger partial charge is 0.251 e. The molecule has 1 amide bonds. The monoisotopic (exact) mass is 235 g/mol. The summed E-state index contributed by atoms with van der Waals surface area (Å²) in [4.78, 5) is 16.2. The van der Waals surface area contributed by atoms with Crippen LogP contribution in [-0.2, 0) is 0 Å². The first-order chi connectivity index (χ1) is 8.06. The van der Waals surface area contributed by atoms with Gasteiger partial charge in [0.1, 0.15) is 5.82 Å². The molecule has 0 saturated heterocycles. The van der Waals surface area contributed by atoms with Crippen molar-refractivity contribution in [3.05, 3.63) is 23.4 Å². The largest absolute Gasteiger partial charge is 0.373 e. The third kappa shape index (κ3) is 4.06. The zero-order chi connectivity index (χ0) is 12.8. The molecular weight excluding hydrogens is 214 g/mol. The molecule has 94 valence electrons. The number of carbonyl (C=O) groups excluding carboxylic acids is 1. The molecule has 0 aliphatic rings. The van der Waals surface area contributed by atoms with Gasteiger partial charge in [-0.2, -0.15) is 0 Å². The van der Waals surface area contributed by atoms with E-state index in [2.05, 4.69) is 29.5 Å². The van der Waals surface area contributed by atoms with Crippen molar-refractivity contribution in [1.82, 2.24) is 10.3 Å². The number of nitrogens with zero attached hydrogens (tertiary/aromatic N) is 1. The number of aryl methyl sites for hydroxylation is 1. The van der Waals surface area contributed by atoms with Crippen molar-refractivity contribution in [2.75, 3.05) is 18.9 Å². The molecule has 1 unspecified atom stereocenters. The van der Waals surface area contributed by atoms with Gasteiger partial charge in [-0.15, -0.1) is 0 Å². The Morgan fingerprint density at radius 3 is 2.76 bits per heavy atom. The number of carbonyl (C=O) groups is 1. The van der Waals surface area contributed by atoms with E-state index < -0.39 is 0 Å². The Hall–Kier alpha value is -1.58. The van der Waals surface area contributed by atoms with Gasteiger partial charge in [-0.1, -0.05) is 20.3 Å². The summed E-state index contributed by atoms with van der Waals surface area (Å²) in [6.07, 6.45) is 1.07. The summed E-state index contributed by atoms with van der Waals surface area (Å²) in [6.45, 7) is 6.83. The lowest BCUT2D eigenvalue weighted by Gasteiger charge is -2.11. The molecule has 1 atom stereocenters. The Kier molecular flexibility index (Phi) is 4.94. The first-order valence-corrected chi connectivity index (χ1v) is 6.01. The van der Waals surface area contributed by atoms with Gasteiger partial charge in [0.25, 0.3) is 5.91 Å². The van der Waals surface area contributed by atoms with Gasteiger partial charge >= 0.3 is 0 Å². The number of nitrogens with one attached hydrogen (secondary N) is 2. The maximum absolute atomic E-state index is 11.9. The van der Waals surface area contributed by atoms with Crippen molar-refractivity contribution in [1.29, 1.82) is 0 Å². The van der Waals surface area contributed by atoms with E-state index in [1.54, 1.807) is 19.2 Å². The quantitative estimate of drug-likeness (QED) is 0.822. The SMILES string of the molecule is CCC(C)CNC(=O)c1cc(C)nc(NC)c1. The minimum Gasteiger partial charge on any atom is -0.373 e. The third-order valence-electron chi connectivity index (χ3n) is 2.78.